The Morgan fingerprint density at radius 1 is 1.31 bits per heavy atom. The zero-order valence-electron chi connectivity index (χ0n) is 16.6. The summed E-state index contributed by atoms with van der Waals surface area (Å²) in [5.74, 6) is 3.25. The van der Waals surface area contributed by atoms with Crippen LogP contribution in [0, 0.1) is 5.92 Å². The highest BCUT2D eigenvalue weighted by Crippen LogP contribution is 2.22. The molecular weight excluding hydrogens is 330 g/mol. The first kappa shape index (κ1) is 19.2. The number of hydrogen-bond donors (Lipinski definition) is 1. The molecule has 2 fully saturated rings. The fourth-order valence-electron chi connectivity index (χ4n) is 3.46. The average Bonchev–Trinajstić information content (AvgIpc) is 3.28. The molecule has 2 aliphatic rings. The van der Waals surface area contributed by atoms with Crippen molar-refractivity contribution in [3.05, 3.63) is 17.8 Å². The van der Waals surface area contributed by atoms with Crippen molar-refractivity contribution >= 4 is 5.96 Å². The summed E-state index contributed by atoms with van der Waals surface area (Å²) in [6.07, 6.45) is 3.03. The Hall–Kier alpha value is -1.60. The predicted molar refractivity (Wildman–Crippen MR) is 102 cm³/mol. The number of piperazine rings is 1. The third kappa shape index (κ3) is 4.98. The summed E-state index contributed by atoms with van der Waals surface area (Å²) in [7, 11) is 1.83. The highest BCUT2D eigenvalue weighted by molar-refractivity contribution is 5.79. The summed E-state index contributed by atoms with van der Waals surface area (Å²) in [4.78, 5) is 13.7. The Kier molecular flexibility index (Phi) is 6.19. The fraction of sp³-hybridized carbons (Fsp3) is 0.789. The molecule has 2 aliphatic heterocycles. The van der Waals surface area contributed by atoms with Crippen molar-refractivity contribution in [1.82, 2.24) is 20.1 Å². The normalized spacial score (nSPS) is 22.8. The van der Waals surface area contributed by atoms with Gasteiger partial charge in [0.2, 0.25) is 5.89 Å². The molecule has 0 aliphatic carbocycles. The quantitative estimate of drug-likeness (QED) is 0.649. The molecule has 0 spiro atoms. The monoisotopic (exact) mass is 363 g/mol. The van der Waals surface area contributed by atoms with E-state index in [1.165, 1.54) is 6.42 Å². The topological polar surface area (TPSA) is 66.1 Å². The zero-order valence-corrected chi connectivity index (χ0v) is 16.6. The Bertz CT molecular complexity index is 593. The number of nitrogens with zero attached hydrogens (tertiary/aromatic N) is 4. The minimum atomic E-state index is -0.0202. The number of hydrogen-bond acceptors (Lipinski definition) is 5. The van der Waals surface area contributed by atoms with Crippen molar-refractivity contribution in [2.45, 2.75) is 39.2 Å². The summed E-state index contributed by atoms with van der Waals surface area (Å²) in [6, 6.07) is 0. The van der Waals surface area contributed by atoms with Crippen molar-refractivity contribution in [1.29, 1.82) is 0 Å². The molecule has 1 aromatic heterocycles. The molecular formula is C19H33N5O2. The first-order chi connectivity index (χ1) is 12.5. The van der Waals surface area contributed by atoms with Gasteiger partial charge in [-0.2, -0.15) is 0 Å². The maximum absolute atomic E-state index is 5.85. The van der Waals surface area contributed by atoms with Crippen LogP contribution in [0.25, 0.3) is 0 Å². The van der Waals surface area contributed by atoms with E-state index in [-0.39, 0.29) is 5.41 Å². The zero-order chi connectivity index (χ0) is 18.6. The second kappa shape index (κ2) is 8.39. The van der Waals surface area contributed by atoms with Crippen LogP contribution in [0.4, 0.5) is 0 Å². The highest BCUT2D eigenvalue weighted by Gasteiger charge is 2.24. The molecule has 1 N–H and O–H groups in total. The summed E-state index contributed by atoms with van der Waals surface area (Å²) >= 11 is 0. The van der Waals surface area contributed by atoms with Gasteiger partial charge in [0, 0.05) is 51.8 Å². The van der Waals surface area contributed by atoms with E-state index >= 15 is 0 Å². The summed E-state index contributed by atoms with van der Waals surface area (Å²) in [6.45, 7) is 14.1. The van der Waals surface area contributed by atoms with Gasteiger partial charge in [-0.25, -0.2) is 4.98 Å². The molecule has 0 amide bonds. The van der Waals surface area contributed by atoms with Crippen LogP contribution in [-0.2, 0) is 16.7 Å². The fourth-order valence-corrected chi connectivity index (χ4v) is 3.46. The van der Waals surface area contributed by atoms with Gasteiger partial charge in [0.05, 0.1) is 19.3 Å². The molecule has 1 atom stereocenters. The van der Waals surface area contributed by atoms with E-state index in [0.29, 0.717) is 18.4 Å². The van der Waals surface area contributed by atoms with Crippen LogP contribution in [0.3, 0.4) is 0 Å². The molecule has 3 heterocycles. The third-order valence-corrected chi connectivity index (χ3v) is 5.11. The van der Waals surface area contributed by atoms with Gasteiger partial charge in [-0.3, -0.25) is 9.89 Å². The minimum absolute atomic E-state index is 0.0202. The Morgan fingerprint density at radius 3 is 2.65 bits per heavy atom. The molecule has 0 saturated carbocycles. The lowest BCUT2D eigenvalue weighted by Crippen LogP contribution is -2.53. The lowest BCUT2D eigenvalue weighted by molar-refractivity contribution is 0.139. The van der Waals surface area contributed by atoms with E-state index in [2.05, 4.69) is 45.9 Å². The number of rotatable bonds is 4. The first-order valence-electron chi connectivity index (χ1n) is 9.66. The molecule has 0 aromatic carbocycles. The van der Waals surface area contributed by atoms with Crippen molar-refractivity contribution in [3.8, 4) is 0 Å². The van der Waals surface area contributed by atoms with Gasteiger partial charge < -0.3 is 19.4 Å². The Labute approximate surface area is 156 Å². The number of aliphatic imine (C=N–C) groups is 1. The molecule has 7 nitrogen and oxygen atoms in total. The Balaban J connectivity index is 1.45. The van der Waals surface area contributed by atoms with Crippen LogP contribution in [-0.4, -0.2) is 73.7 Å². The molecule has 3 rings (SSSR count). The van der Waals surface area contributed by atoms with Crippen LogP contribution in [0.2, 0.25) is 0 Å². The van der Waals surface area contributed by atoms with Gasteiger partial charge >= 0.3 is 0 Å². The number of ether oxygens (including phenoxy) is 1. The van der Waals surface area contributed by atoms with E-state index < -0.39 is 0 Å². The van der Waals surface area contributed by atoms with Crippen molar-refractivity contribution in [3.63, 3.8) is 0 Å². The van der Waals surface area contributed by atoms with Crippen molar-refractivity contribution in [2.24, 2.45) is 10.9 Å². The molecule has 2 saturated heterocycles. The second-order valence-corrected chi connectivity index (χ2v) is 8.29. The number of oxazole rings is 1. The van der Waals surface area contributed by atoms with Crippen LogP contribution >= 0.6 is 0 Å². The van der Waals surface area contributed by atoms with E-state index in [9.17, 15) is 0 Å². The summed E-state index contributed by atoms with van der Waals surface area (Å²) in [5.41, 5.74) is -0.0202. The lowest BCUT2D eigenvalue weighted by Gasteiger charge is -2.37. The van der Waals surface area contributed by atoms with Crippen molar-refractivity contribution in [2.75, 3.05) is 53.0 Å². The van der Waals surface area contributed by atoms with Gasteiger partial charge in [-0.1, -0.05) is 20.8 Å². The molecule has 7 heteroatoms. The molecule has 1 unspecified atom stereocenters. The van der Waals surface area contributed by atoms with Crippen LogP contribution in [0.1, 0.15) is 38.8 Å². The molecule has 26 heavy (non-hydrogen) atoms. The number of nitrogens with one attached hydrogen (secondary N) is 1. The van der Waals surface area contributed by atoms with E-state index in [1.807, 2.05) is 13.2 Å². The molecule has 146 valence electrons. The van der Waals surface area contributed by atoms with E-state index in [1.54, 1.807) is 0 Å². The SMILES string of the molecule is CN=C(NCc1ncc(C(C)(C)C)o1)N1CCN(CC2CCOC2)CC1. The third-order valence-electron chi connectivity index (χ3n) is 5.11. The maximum atomic E-state index is 5.85. The van der Waals surface area contributed by atoms with Gasteiger partial charge in [-0.05, 0) is 12.3 Å². The summed E-state index contributed by atoms with van der Waals surface area (Å²) in [5, 5.41) is 3.39. The summed E-state index contributed by atoms with van der Waals surface area (Å²) < 4.78 is 11.3. The lowest BCUT2D eigenvalue weighted by atomic mass is 9.94. The van der Waals surface area contributed by atoms with Crippen LogP contribution in [0.5, 0.6) is 0 Å². The average molecular weight is 364 g/mol. The number of guanidine groups is 1. The van der Waals surface area contributed by atoms with Crippen LogP contribution < -0.4 is 5.32 Å². The molecule has 0 radical (unpaired) electrons. The Morgan fingerprint density at radius 2 is 2.08 bits per heavy atom. The largest absolute Gasteiger partial charge is 0.443 e. The number of aromatic nitrogens is 1. The molecule has 0 bridgehead atoms. The van der Waals surface area contributed by atoms with Gasteiger partial charge in [0.15, 0.2) is 5.96 Å². The predicted octanol–water partition coefficient (Wildman–Crippen LogP) is 1.70. The highest BCUT2D eigenvalue weighted by atomic mass is 16.5. The van der Waals surface area contributed by atoms with E-state index in [4.69, 9.17) is 9.15 Å². The standard InChI is InChI=1S/C19H33N5O2/c1-19(2,3)16-11-21-17(26-16)12-22-18(20-4)24-8-6-23(7-9-24)13-15-5-10-25-14-15/h11,15H,5-10,12-14H2,1-4H3,(H,20,22). The smallest absolute Gasteiger partial charge is 0.213 e. The van der Waals surface area contributed by atoms with Gasteiger partial charge in [0.1, 0.15) is 5.76 Å². The molecule has 1 aromatic rings. The van der Waals surface area contributed by atoms with E-state index in [0.717, 1.165) is 57.7 Å². The van der Waals surface area contributed by atoms with Crippen molar-refractivity contribution < 1.29 is 9.15 Å². The van der Waals surface area contributed by atoms with Crippen LogP contribution in [0.15, 0.2) is 15.6 Å². The second-order valence-electron chi connectivity index (χ2n) is 8.29. The first-order valence-corrected chi connectivity index (χ1v) is 9.66. The van der Waals surface area contributed by atoms with Gasteiger partial charge in [0.25, 0.3) is 0 Å². The maximum Gasteiger partial charge on any atom is 0.213 e. The van der Waals surface area contributed by atoms with Gasteiger partial charge in [-0.15, -0.1) is 0 Å². The minimum Gasteiger partial charge on any atom is -0.443 e.